The molecule has 0 aliphatic carbocycles. The number of benzene rings is 1. The van der Waals surface area contributed by atoms with Crippen LogP contribution in [0.5, 0.6) is 5.75 Å². The minimum absolute atomic E-state index is 0.0647. The second-order valence-electron chi connectivity index (χ2n) is 4.54. The fourth-order valence-corrected chi connectivity index (χ4v) is 3.42. The maximum atomic E-state index is 12.1. The van der Waals surface area contributed by atoms with Gasteiger partial charge in [-0.3, -0.25) is 4.79 Å². The van der Waals surface area contributed by atoms with E-state index < -0.39 is 15.9 Å². The third-order valence-electron chi connectivity index (χ3n) is 3.16. The maximum Gasteiger partial charge on any atom is 0.227 e. The van der Waals surface area contributed by atoms with Gasteiger partial charge in [0.25, 0.3) is 0 Å². The lowest BCUT2D eigenvalue weighted by Crippen LogP contribution is -2.40. The normalized spacial score (nSPS) is 19.8. The Labute approximate surface area is 118 Å². The van der Waals surface area contributed by atoms with E-state index >= 15 is 0 Å². The number of hydrogen-bond acceptors (Lipinski definition) is 4. The first kappa shape index (κ1) is 14.6. The van der Waals surface area contributed by atoms with Gasteiger partial charge in [-0.05, 0) is 30.3 Å². The lowest BCUT2D eigenvalue weighted by atomic mass is 10.2. The molecule has 1 aliphatic rings. The molecular weight excluding hydrogens is 278 g/mol. The predicted octanol–water partition coefficient (Wildman–Crippen LogP) is 1.75. The highest BCUT2D eigenvalue weighted by molar-refractivity contribution is 7.94. The topological polar surface area (TPSA) is 63.7 Å². The number of carbonyl (C=O) groups excluding carboxylic acids is 1. The van der Waals surface area contributed by atoms with E-state index in [-0.39, 0.29) is 11.7 Å². The smallest absolute Gasteiger partial charge is 0.227 e. The minimum Gasteiger partial charge on any atom is -0.497 e. The van der Waals surface area contributed by atoms with Crippen molar-refractivity contribution in [2.24, 2.45) is 0 Å². The second-order valence-corrected chi connectivity index (χ2v) is 6.47. The van der Waals surface area contributed by atoms with Gasteiger partial charge in [-0.25, -0.2) is 8.42 Å². The number of rotatable bonds is 4. The fraction of sp³-hybridized carbons (Fsp3) is 0.357. The number of anilines is 1. The molecule has 1 aromatic carbocycles. The van der Waals surface area contributed by atoms with Gasteiger partial charge in [0.05, 0.1) is 18.9 Å². The van der Waals surface area contributed by atoms with Gasteiger partial charge < -0.3 is 9.64 Å². The molecule has 0 spiro atoms. The van der Waals surface area contributed by atoms with Gasteiger partial charge in [0.2, 0.25) is 5.91 Å². The van der Waals surface area contributed by atoms with Gasteiger partial charge >= 0.3 is 0 Å². The SMILES string of the molecule is CCC(=O)N(c1ccc(OC)cc1)[C@H]1C=CS(=O)(=O)C1. The summed E-state index contributed by atoms with van der Waals surface area (Å²) in [4.78, 5) is 13.7. The van der Waals surface area contributed by atoms with Crippen LogP contribution in [0.4, 0.5) is 5.69 Å². The number of sulfone groups is 1. The lowest BCUT2D eigenvalue weighted by Gasteiger charge is -2.27. The van der Waals surface area contributed by atoms with Crippen molar-refractivity contribution in [2.75, 3.05) is 17.8 Å². The summed E-state index contributed by atoms with van der Waals surface area (Å²) in [7, 11) is -1.64. The van der Waals surface area contributed by atoms with E-state index in [1.165, 1.54) is 10.3 Å². The Morgan fingerprint density at radius 3 is 2.45 bits per heavy atom. The van der Waals surface area contributed by atoms with Crippen LogP contribution in [-0.4, -0.2) is 33.2 Å². The summed E-state index contributed by atoms with van der Waals surface area (Å²) in [6.45, 7) is 1.76. The molecule has 2 rings (SSSR count). The summed E-state index contributed by atoms with van der Waals surface area (Å²) in [6, 6.07) is 6.56. The van der Waals surface area contributed by atoms with Gasteiger partial charge in [-0.1, -0.05) is 6.92 Å². The van der Waals surface area contributed by atoms with Crippen molar-refractivity contribution in [1.29, 1.82) is 0 Å². The lowest BCUT2D eigenvalue weighted by molar-refractivity contribution is -0.118. The number of amides is 1. The van der Waals surface area contributed by atoms with Gasteiger partial charge in [-0.2, -0.15) is 0 Å². The van der Waals surface area contributed by atoms with Crippen molar-refractivity contribution in [2.45, 2.75) is 19.4 Å². The highest BCUT2D eigenvalue weighted by Gasteiger charge is 2.30. The summed E-state index contributed by atoms with van der Waals surface area (Å²) >= 11 is 0. The second kappa shape index (κ2) is 5.66. The highest BCUT2D eigenvalue weighted by atomic mass is 32.2. The molecule has 0 bridgehead atoms. The number of carbonyl (C=O) groups is 1. The van der Waals surface area contributed by atoms with E-state index in [0.29, 0.717) is 17.9 Å². The molecule has 1 aliphatic heterocycles. The van der Waals surface area contributed by atoms with E-state index in [1.807, 2.05) is 0 Å². The van der Waals surface area contributed by atoms with Crippen LogP contribution in [0.25, 0.3) is 0 Å². The number of nitrogens with zero attached hydrogens (tertiary/aromatic N) is 1. The molecule has 0 saturated heterocycles. The fourth-order valence-electron chi connectivity index (χ4n) is 2.15. The molecular formula is C14H17NO4S. The summed E-state index contributed by atoms with van der Waals surface area (Å²) < 4.78 is 28.2. The van der Waals surface area contributed by atoms with Crippen LogP contribution >= 0.6 is 0 Å². The van der Waals surface area contributed by atoms with Crippen LogP contribution in [0.2, 0.25) is 0 Å². The molecule has 0 saturated carbocycles. The Morgan fingerprint density at radius 2 is 2.00 bits per heavy atom. The molecule has 1 heterocycles. The number of ether oxygens (including phenoxy) is 1. The minimum atomic E-state index is -3.20. The van der Waals surface area contributed by atoms with Gasteiger partial charge in [-0.15, -0.1) is 0 Å². The number of methoxy groups -OCH3 is 1. The Bertz CT molecular complexity index is 619. The van der Waals surface area contributed by atoms with Crippen molar-refractivity contribution in [1.82, 2.24) is 0 Å². The summed E-state index contributed by atoms with van der Waals surface area (Å²) in [5.74, 6) is 0.513. The van der Waals surface area contributed by atoms with E-state index in [4.69, 9.17) is 4.74 Å². The molecule has 0 fully saturated rings. The van der Waals surface area contributed by atoms with Crippen molar-refractivity contribution < 1.29 is 17.9 Å². The van der Waals surface area contributed by atoms with E-state index in [9.17, 15) is 13.2 Å². The van der Waals surface area contributed by atoms with Gasteiger partial charge in [0.15, 0.2) is 9.84 Å². The molecule has 0 unspecified atom stereocenters. The summed E-state index contributed by atoms with van der Waals surface area (Å²) in [6.07, 6.45) is 1.88. The number of hydrogen-bond donors (Lipinski definition) is 0. The first-order valence-corrected chi connectivity index (χ1v) is 8.05. The quantitative estimate of drug-likeness (QED) is 0.849. The van der Waals surface area contributed by atoms with E-state index in [2.05, 4.69) is 0 Å². The Balaban J connectivity index is 2.33. The zero-order chi connectivity index (χ0) is 14.8. The average molecular weight is 295 g/mol. The average Bonchev–Trinajstić information content (AvgIpc) is 2.79. The van der Waals surface area contributed by atoms with Crippen LogP contribution in [0.1, 0.15) is 13.3 Å². The Kier molecular flexibility index (Phi) is 4.13. The van der Waals surface area contributed by atoms with Crippen molar-refractivity contribution in [3.05, 3.63) is 35.7 Å². The standard InChI is InChI=1S/C14H17NO4S/c1-3-14(16)15(12-8-9-20(17,18)10-12)11-4-6-13(19-2)7-5-11/h4-9,12H,3,10H2,1-2H3/t12-/m0/s1. The molecule has 1 aromatic rings. The van der Waals surface area contributed by atoms with Crippen molar-refractivity contribution in [3.8, 4) is 5.75 Å². The summed E-state index contributed by atoms with van der Waals surface area (Å²) in [5, 5.41) is 1.18. The zero-order valence-corrected chi connectivity index (χ0v) is 12.3. The highest BCUT2D eigenvalue weighted by Crippen LogP contribution is 2.25. The Morgan fingerprint density at radius 1 is 1.35 bits per heavy atom. The van der Waals surface area contributed by atoms with Gasteiger partial charge in [0.1, 0.15) is 5.75 Å². The van der Waals surface area contributed by atoms with Crippen molar-refractivity contribution >= 4 is 21.4 Å². The predicted molar refractivity (Wildman–Crippen MR) is 77.5 cm³/mol. The molecule has 1 atom stereocenters. The summed E-state index contributed by atoms with van der Waals surface area (Å²) in [5.41, 5.74) is 0.671. The molecule has 0 radical (unpaired) electrons. The van der Waals surface area contributed by atoms with Crippen LogP contribution in [0.3, 0.4) is 0 Å². The molecule has 0 N–H and O–H groups in total. The molecule has 5 nitrogen and oxygen atoms in total. The molecule has 108 valence electrons. The van der Waals surface area contributed by atoms with Crippen LogP contribution in [0, 0.1) is 0 Å². The third-order valence-corrected chi connectivity index (χ3v) is 4.54. The molecule has 6 heteroatoms. The van der Waals surface area contributed by atoms with Crippen LogP contribution in [0.15, 0.2) is 35.7 Å². The Hall–Kier alpha value is -1.82. The van der Waals surface area contributed by atoms with E-state index in [1.54, 1.807) is 44.4 Å². The van der Waals surface area contributed by atoms with Gasteiger partial charge in [0, 0.05) is 17.5 Å². The third kappa shape index (κ3) is 3.01. The maximum absolute atomic E-state index is 12.1. The molecule has 1 amide bonds. The van der Waals surface area contributed by atoms with E-state index in [0.717, 1.165) is 0 Å². The molecule has 0 aromatic heterocycles. The van der Waals surface area contributed by atoms with Crippen molar-refractivity contribution in [3.63, 3.8) is 0 Å². The first-order chi connectivity index (χ1) is 9.46. The van der Waals surface area contributed by atoms with Crippen LogP contribution < -0.4 is 9.64 Å². The largest absolute Gasteiger partial charge is 0.497 e. The van der Waals surface area contributed by atoms with Crippen LogP contribution in [-0.2, 0) is 14.6 Å². The monoisotopic (exact) mass is 295 g/mol. The zero-order valence-electron chi connectivity index (χ0n) is 11.4. The molecule has 20 heavy (non-hydrogen) atoms. The first-order valence-electron chi connectivity index (χ1n) is 6.34.